The maximum absolute atomic E-state index is 14.2. The van der Waals surface area contributed by atoms with E-state index in [-0.39, 0.29) is 11.6 Å². The van der Waals surface area contributed by atoms with Gasteiger partial charge < -0.3 is 15.5 Å². The van der Waals surface area contributed by atoms with Gasteiger partial charge in [-0.3, -0.25) is 0 Å². The number of halogens is 1. The number of rotatable bonds is 8. The van der Waals surface area contributed by atoms with Gasteiger partial charge in [0.25, 0.3) is 0 Å². The molecule has 0 saturated carbocycles. The summed E-state index contributed by atoms with van der Waals surface area (Å²) in [5.74, 6) is -0.0312. The second-order valence-electron chi connectivity index (χ2n) is 7.13. The average Bonchev–Trinajstić information content (AvgIpc) is 2.68. The maximum atomic E-state index is 14.2. The molecule has 0 aromatic heterocycles. The number of aliphatic hydroxyl groups is 1. The first-order chi connectivity index (χ1) is 13.5. The van der Waals surface area contributed by atoms with Crippen molar-refractivity contribution in [2.45, 2.75) is 38.7 Å². The highest BCUT2D eigenvalue weighted by Gasteiger charge is 2.13. The molecule has 1 atom stereocenters. The standard InChI is InChI=1S/C24H26FNO2/c1-17-13-14-23(21(25)15-17)26-22-11-4-3-10-20(22)24(28)12-5-2-7-18-8-6-9-19(27)16-18/h3-4,6,8-11,13-16,24,26-28H,2,5,7,12H2,1H3. The lowest BCUT2D eigenvalue weighted by Crippen LogP contribution is -2.04. The second kappa shape index (κ2) is 9.38. The predicted molar refractivity (Wildman–Crippen MR) is 111 cm³/mol. The molecule has 0 bridgehead atoms. The van der Waals surface area contributed by atoms with Crippen LogP contribution in [0.1, 0.15) is 42.1 Å². The fraction of sp³-hybridized carbons (Fsp3) is 0.250. The van der Waals surface area contributed by atoms with E-state index in [4.69, 9.17) is 0 Å². The van der Waals surface area contributed by atoms with Gasteiger partial charge >= 0.3 is 0 Å². The molecule has 0 spiro atoms. The number of nitrogens with one attached hydrogen (secondary N) is 1. The molecule has 3 aromatic carbocycles. The smallest absolute Gasteiger partial charge is 0.146 e. The van der Waals surface area contributed by atoms with Crippen molar-refractivity contribution in [2.75, 3.05) is 5.32 Å². The van der Waals surface area contributed by atoms with Crippen LogP contribution in [-0.4, -0.2) is 10.2 Å². The van der Waals surface area contributed by atoms with Gasteiger partial charge in [-0.15, -0.1) is 0 Å². The van der Waals surface area contributed by atoms with Gasteiger partial charge in [0, 0.05) is 11.3 Å². The Labute approximate surface area is 165 Å². The Balaban J connectivity index is 1.60. The van der Waals surface area contributed by atoms with Gasteiger partial charge in [0.2, 0.25) is 0 Å². The Morgan fingerprint density at radius 1 is 0.929 bits per heavy atom. The first kappa shape index (κ1) is 19.9. The van der Waals surface area contributed by atoms with Crippen LogP contribution in [0.3, 0.4) is 0 Å². The number of aromatic hydroxyl groups is 1. The number of anilines is 2. The van der Waals surface area contributed by atoms with Crippen molar-refractivity contribution in [1.82, 2.24) is 0 Å². The number of hydrogen-bond donors (Lipinski definition) is 3. The van der Waals surface area contributed by atoms with E-state index in [0.29, 0.717) is 17.8 Å². The largest absolute Gasteiger partial charge is 0.508 e. The summed E-state index contributed by atoms with van der Waals surface area (Å²) in [4.78, 5) is 0. The first-order valence-corrected chi connectivity index (χ1v) is 9.61. The molecule has 3 N–H and O–H groups in total. The van der Waals surface area contributed by atoms with Crippen molar-refractivity contribution in [3.63, 3.8) is 0 Å². The van der Waals surface area contributed by atoms with E-state index in [0.717, 1.165) is 36.0 Å². The van der Waals surface area contributed by atoms with E-state index >= 15 is 0 Å². The van der Waals surface area contributed by atoms with Crippen molar-refractivity contribution in [2.24, 2.45) is 0 Å². The topological polar surface area (TPSA) is 52.5 Å². The Morgan fingerprint density at radius 2 is 1.75 bits per heavy atom. The van der Waals surface area contributed by atoms with Gasteiger partial charge in [0.05, 0.1) is 11.8 Å². The minimum Gasteiger partial charge on any atom is -0.508 e. The lowest BCUT2D eigenvalue weighted by Gasteiger charge is -2.17. The first-order valence-electron chi connectivity index (χ1n) is 9.61. The van der Waals surface area contributed by atoms with E-state index in [1.807, 2.05) is 49.4 Å². The molecule has 4 heteroatoms. The molecule has 0 amide bonds. The molecule has 3 nitrogen and oxygen atoms in total. The van der Waals surface area contributed by atoms with E-state index in [2.05, 4.69) is 5.32 Å². The number of aryl methyl sites for hydroxylation is 2. The molecule has 28 heavy (non-hydrogen) atoms. The van der Waals surface area contributed by atoms with Crippen molar-refractivity contribution in [1.29, 1.82) is 0 Å². The van der Waals surface area contributed by atoms with Gasteiger partial charge in [0.1, 0.15) is 11.6 Å². The highest BCUT2D eigenvalue weighted by atomic mass is 19.1. The highest BCUT2D eigenvalue weighted by molar-refractivity contribution is 5.64. The fourth-order valence-corrected chi connectivity index (χ4v) is 3.30. The Morgan fingerprint density at radius 3 is 2.54 bits per heavy atom. The van der Waals surface area contributed by atoms with Crippen LogP contribution in [0.15, 0.2) is 66.7 Å². The molecule has 0 aliphatic carbocycles. The summed E-state index contributed by atoms with van der Waals surface area (Å²) in [5.41, 5.74) is 3.83. The van der Waals surface area contributed by atoms with Crippen molar-refractivity contribution in [3.8, 4) is 5.75 Å². The molecule has 0 aliphatic rings. The summed E-state index contributed by atoms with van der Waals surface area (Å²) < 4.78 is 14.2. The number of phenolic OH excluding ortho intramolecular Hbond substituents is 1. The lowest BCUT2D eigenvalue weighted by molar-refractivity contribution is 0.164. The quantitative estimate of drug-likeness (QED) is 0.419. The number of benzene rings is 3. The zero-order valence-electron chi connectivity index (χ0n) is 16.0. The van der Waals surface area contributed by atoms with Crippen LogP contribution >= 0.6 is 0 Å². The predicted octanol–water partition coefficient (Wildman–Crippen LogP) is 6.03. The molecule has 0 fully saturated rings. The number of aliphatic hydroxyl groups excluding tert-OH is 1. The van der Waals surface area contributed by atoms with Crippen LogP contribution in [0.4, 0.5) is 15.8 Å². The van der Waals surface area contributed by atoms with Crippen LogP contribution in [0.2, 0.25) is 0 Å². The third-order valence-corrected chi connectivity index (χ3v) is 4.82. The van der Waals surface area contributed by atoms with Crippen molar-refractivity contribution >= 4 is 11.4 Å². The van der Waals surface area contributed by atoms with Crippen LogP contribution in [-0.2, 0) is 6.42 Å². The van der Waals surface area contributed by atoms with Gasteiger partial charge in [-0.1, -0.05) is 42.8 Å². The molecule has 0 heterocycles. The number of para-hydroxylation sites is 1. The van der Waals surface area contributed by atoms with Gasteiger partial charge in [-0.2, -0.15) is 0 Å². The molecular formula is C24H26FNO2. The molecule has 0 aliphatic heterocycles. The van der Waals surface area contributed by atoms with Crippen LogP contribution < -0.4 is 5.32 Å². The van der Waals surface area contributed by atoms with Gasteiger partial charge in [0.15, 0.2) is 0 Å². The van der Waals surface area contributed by atoms with Gasteiger partial charge in [-0.05, 0) is 67.6 Å². The molecule has 0 saturated heterocycles. The summed E-state index contributed by atoms with van der Waals surface area (Å²) >= 11 is 0. The van der Waals surface area contributed by atoms with Crippen LogP contribution in [0.5, 0.6) is 5.75 Å². The minimum atomic E-state index is -0.624. The minimum absolute atomic E-state index is 0.279. The monoisotopic (exact) mass is 379 g/mol. The lowest BCUT2D eigenvalue weighted by atomic mass is 9.99. The Bertz CT molecular complexity index is 926. The Kier molecular flexibility index (Phi) is 6.66. The van der Waals surface area contributed by atoms with E-state index in [1.54, 1.807) is 18.2 Å². The molecule has 0 radical (unpaired) electrons. The average molecular weight is 379 g/mol. The summed E-state index contributed by atoms with van der Waals surface area (Å²) in [6.45, 7) is 1.85. The highest BCUT2D eigenvalue weighted by Crippen LogP contribution is 2.30. The SMILES string of the molecule is Cc1ccc(Nc2ccccc2C(O)CCCCc2cccc(O)c2)c(F)c1. The molecule has 1 unspecified atom stereocenters. The zero-order valence-corrected chi connectivity index (χ0v) is 16.0. The molecule has 146 valence electrons. The second-order valence-corrected chi connectivity index (χ2v) is 7.13. The third kappa shape index (κ3) is 5.33. The molecule has 3 aromatic rings. The molecular weight excluding hydrogens is 353 g/mol. The number of hydrogen-bond acceptors (Lipinski definition) is 3. The zero-order chi connectivity index (χ0) is 19.9. The van der Waals surface area contributed by atoms with Gasteiger partial charge in [-0.25, -0.2) is 4.39 Å². The number of phenols is 1. The van der Waals surface area contributed by atoms with E-state index < -0.39 is 6.10 Å². The fourth-order valence-electron chi connectivity index (χ4n) is 3.30. The van der Waals surface area contributed by atoms with Crippen LogP contribution in [0.25, 0.3) is 0 Å². The van der Waals surface area contributed by atoms with Crippen LogP contribution in [0, 0.1) is 12.7 Å². The van der Waals surface area contributed by atoms with Crippen molar-refractivity contribution < 1.29 is 14.6 Å². The maximum Gasteiger partial charge on any atom is 0.146 e. The normalized spacial score (nSPS) is 12.0. The van der Waals surface area contributed by atoms with E-state index in [9.17, 15) is 14.6 Å². The number of unbranched alkanes of at least 4 members (excludes halogenated alkanes) is 1. The summed E-state index contributed by atoms with van der Waals surface area (Å²) in [7, 11) is 0. The third-order valence-electron chi connectivity index (χ3n) is 4.82. The van der Waals surface area contributed by atoms with Crippen molar-refractivity contribution in [3.05, 3.63) is 89.2 Å². The summed E-state index contributed by atoms with van der Waals surface area (Å²) in [6.07, 6.45) is 2.62. The van der Waals surface area contributed by atoms with E-state index in [1.165, 1.54) is 6.07 Å². The molecule has 3 rings (SSSR count). The Hall–Kier alpha value is -2.85. The summed E-state index contributed by atoms with van der Waals surface area (Å²) in [6, 6.07) is 19.8. The summed E-state index contributed by atoms with van der Waals surface area (Å²) in [5, 5.41) is 23.3.